The summed E-state index contributed by atoms with van der Waals surface area (Å²) < 4.78 is 2.12. The number of hydrogen-bond acceptors (Lipinski definition) is 0. The van der Waals surface area contributed by atoms with Gasteiger partial charge in [0.1, 0.15) is 0 Å². The second-order valence-corrected chi connectivity index (χ2v) is 2.49. The molecule has 0 saturated heterocycles. The zero-order chi connectivity index (χ0) is 6.97. The molecule has 0 N–H and O–H groups in total. The molecule has 1 nitrogen and oxygen atoms in total. The third kappa shape index (κ3) is 0.959. The first-order chi connectivity index (χ1) is 4.88. The maximum absolute atomic E-state index is 2.12. The summed E-state index contributed by atoms with van der Waals surface area (Å²) in [5, 5.41) is 1.31. The van der Waals surface area contributed by atoms with E-state index in [4.69, 9.17) is 0 Å². The Bertz CT molecular complexity index is 355. The first-order valence-electron chi connectivity index (χ1n) is 3.38. The van der Waals surface area contributed by atoms with E-state index in [1.807, 2.05) is 0 Å². The maximum atomic E-state index is 2.12. The van der Waals surface area contributed by atoms with Crippen LogP contribution in [0, 0.1) is 0 Å². The number of aromatic nitrogens is 1. The molecule has 7 heteroatoms. The van der Waals surface area contributed by atoms with E-state index in [2.05, 4.69) is 52.2 Å². The zero-order valence-corrected chi connectivity index (χ0v) is 5.91. The third-order valence-electron chi connectivity index (χ3n) is 1.79. The van der Waals surface area contributed by atoms with E-state index in [9.17, 15) is 0 Å². The van der Waals surface area contributed by atoms with E-state index in [0.29, 0.717) is 0 Å². The van der Waals surface area contributed by atoms with Gasteiger partial charge in [0.05, 0.1) is 0 Å². The van der Waals surface area contributed by atoms with E-state index in [1.165, 1.54) is 10.6 Å². The average Bonchev–Trinajstić information content (AvgIpc) is 2.34. The molecule has 2 heterocycles. The fraction of sp³-hybridized carbons (Fsp3) is 0.333. The molecule has 0 aromatic carbocycles. The normalized spacial score (nSPS) is 8.10. The Hall–Kier alpha value is -0.0704. The third-order valence-corrected chi connectivity index (χ3v) is 1.79. The van der Waals surface area contributed by atoms with Crippen molar-refractivity contribution in [2.45, 2.75) is 0 Å². The van der Waals surface area contributed by atoms with Gasteiger partial charge in [-0.15, -0.1) is 0 Å². The molecule has 0 radical (unpaired) electrons. The molecule has 2 rings (SSSR count). The van der Waals surface area contributed by atoms with Gasteiger partial charge in [-0.1, -0.05) is 0 Å². The molecule has 10 heavy (non-hydrogen) atoms. The first-order valence-corrected chi connectivity index (χ1v) is 3.38. The Balaban J connectivity index is 2.93. The summed E-state index contributed by atoms with van der Waals surface area (Å²) in [5.74, 6) is 0. The van der Waals surface area contributed by atoms with Crippen molar-refractivity contribution in [3.63, 3.8) is 0 Å². The summed E-state index contributed by atoms with van der Waals surface area (Å²) in [6.07, 6.45) is 0. The van der Waals surface area contributed by atoms with Crippen molar-refractivity contribution in [1.82, 2.24) is 4.47 Å². The Morgan fingerprint density at radius 3 is 2.70 bits per heavy atom. The molecule has 0 amide bonds. The summed E-state index contributed by atoms with van der Waals surface area (Å²) in [4.78, 5) is 0. The van der Waals surface area contributed by atoms with Crippen LogP contribution in [0.5, 0.6) is 0 Å². The number of aryl methyl sites for hydroxylation is 1. The van der Waals surface area contributed by atoms with Crippen LogP contribution in [-0.2, 0) is 7.05 Å². The quantitative estimate of drug-likeness (QED) is 0.385. The summed E-state index contributed by atoms with van der Waals surface area (Å²) >= 11 is 0. The molecule has 0 atom stereocenters. The topological polar surface area (TPSA) is 4.93 Å². The Kier molecular flexibility index (Phi) is 1.67. The van der Waals surface area contributed by atoms with Crippen molar-refractivity contribution in [2.75, 3.05) is 0 Å². The van der Waals surface area contributed by atoms with Crippen molar-refractivity contribution < 1.29 is 0 Å². The minimum atomic E-state index is 1.29. The van der Waals surface area contributed by atoms with Crippen LogP contribution >= 0.6 is 0 Å². The molecule has 2 aromatic rings. The molecule has 0 fully saturated rings. The van der Waals surface area contributed by atoms with Crippen molar-refractivity contribution in [3.05, 3.63) is 0 Å². The molecule has 0 unspecified atom stereocenters. The summed E-state index contributed by atoms with van der Waals surface area (Å²) in [7, 11) is 2.06. The van der Waals surface area contributed by atoms with E-state index >= 15 is 0 Å². The summed E-state index contributed by atoms with van der Waals surface area (Å²) in [6, 6.07) is 0. The summed E-state index contributed by atoms with van der Waals surface area (Å²) in [5.41, 5.74) is 1.29. The fourth-order valence-corrected chi connectivity index (χ4v) is 1.22. The van der Waals surface area contributed by atoms with Gasteiger partial charge in [-0.2, -0.15) is 0 Å². The van der Waals surface area contributed by atoms with Crippen LogP contribution in [0.25, 0.3) is 10.6 Å². The number of fused-ring (bicyclic) bond motifs is 1. The van der Waals surface area contributed by atoms with Gasteiger partial charge in [0.15, 0.2) is 0 Å². The monoisotopic (exact) mass is 119 g/mol. The van der Waals surface area contributed by atoms with Crippen LogP contribution in [0.1, 0.15) is 0 Å². The Morgan fingerprint density at radius 1 is 1.10 bits per heavy atom. The average molecular weight is 118 g/mol. The Labute approximate surface area is 63.4 Å². The van der Waals surface area contributed by atoms with Gasteiger partial charge >= 0.3 is 62.8 Å². The van der Waals surface area contributed by atoms with E-state index in [-0.39, 0.29) is 0 Å². The van der Waals surface area contributed by atoms with Crippen LogP contribution in [0.15, 0.2) is 0 Å². The van der Waals surface area contributed by atoms with Gasteiger partial charge in [-0.25, -0.2) is 0 Å². The molecule has 0 aliphatic carbocycles. The second-order valence-electron chi connectivity index (χ2n) is 2.49. The molecule has 0 saturated carbocycles. The SMILES string of the molecule is Cn1bbc2bbbbc21. The van der Waals surface area contributed by atoms with Gasteiger partial charge in [0.2, 0.25) is 0 Å². The number of nitrogens with zero attached hydrogens (tertiary/aromatic N) is 1. The molecule has 0 aliphatic heterocycles. The van der Waals surface area contributed by atoms with E-state index in [0.717, 1.165) is 0 Å². The summed E-state index contributed by atoms with van der Waals surface area (Å²) in [6.45, 7) is 12.6. The van der Waals surface area contributed by atoms with Crippen LogP contribution in [0.2, 0.25) is 0 Å². The number of rotatable bonds is 0. The van der Waals surface area contributed by atoms with Crippen LogP contribution in [-0.4, -0.2) is 45.2 Å². The van der Waals surface area contributed by atoms with Crippen molar-refractivity contribution >= 4 is 51.3 Å². The molecular weight excluding hydrogens is 115 g/mol. The molecular formula is C3H3B6N. The minimum absolute atomic E-state index is 1.29. The van der Waals surface area contributed by atoms with Crippen molar-refractivity contribution in [2.24, 2.45) is 7.05 Å². The van der Waals surface area contributed by atoms with Gasteiger partial charge in [0.25, 0.3) is 0 Å². The van der Waals surface area contributed by atoms with Gasteiger partial charge < -0.3 is 0 Å². The number of hydrogen-bond donors (Lipinski definition) is 0. The van der Waals surface area contributed by atoms with Gasteiger partial charge in [-0.05, 0) is 0 Å². The van der Waals surface area contributed by atoms with E-state index in [1.54, 1.807) is 0 Å². The predicted molar refractivity (Wildman–Crippen MR) is 51.0 cm³/mol. The van der Waals surface area contributed by atoms with E-state index < -0.39 is 0 Å². The van der Waals surface area contributed by atoms with Crippen molar-refractivity contribution in [1.29, 1.82) is 0 Å². The van der Waals surface area contributed by atoms with Gasteiger partial charge in [0, 0.05) is 0 Å². The molecule has 0 spiro atoms. The van der Waals surface area contributed by atoms with Crippen LogP contribution < -0.4 is 0 Å². The predicted octanol–water partition coefficient (Wildman–Crippen LogP) is -1.79. The van der Waals surface area contributed by atoms with Crippen LogP contribution in [0.4, 0.5) is 0 Å². The van der Waals surface area contributed by atoms with Crippen molar-refractivity contribution in [3.8, 4) is 0 Å². The molecule has 38 valence electrons. The fourth-order valence-electron chi connectivity index (χ4n) is 1.22. The zero-order valence-electron chi connectivity index (χ0n) is 5.91. The molecule has 2 aromatic heterocycles. The standard InChI is InChI=1S/C3H3B6N/c1-10-3-2(5-9-10)4-7-8-6-3/h1H3. The second kappa shape index (κ2) is 2.52. The van der Waals surface area contributed by atoms with Gasteiger partial charge in [-0.3, -0.25) is 0 Å². The first kappa shape index (κ1) is 6.63. The Morgan fingerprint density at radius 2 is 1.90 bits per heavy atom. The van der Waals surface area contributed by atoms with Crippen LogP contribution in [0.3, 0.4) is 0 Å². The molecule has 0 bridgehead atoms. The molecule has 0 aliphatic rings.